The molecule has 0 aliphatic heterocycles. The van der Waals surface area contributed by atoms with Crippen LogP contribution >= 0.6 is 0 Å². The Bertz CT molecular complexity index is 617. The third-order valence-electron chi connectivity index (χ3n) is 6.26. The minimum atomic E-state index is -0.999. The number of hydrogen-bond acceptors (Lipinski definition) is 3. The van der Waals surface area contributed by atoms with E-state index in [0.29, 0.717) is 0 Å². The summed E-state index contributed by atoms with van der Waals surface area (Å²) < 4.78 is 32.9. The minimum absolute atomic E-state index is 0.0193. The van der Waals surface area contributed by atoms with Gasteiger partial charge in [0.15, 0.2) is 0 Å². The van der Waals surface area contributed by atoms with Crippen LogP contribution in [0.4, 0.5) is 4.39 Å². The summed E-state index contributed by atoms with van der Waals surface area (Å²) in [6.07, 6.45) is 15.3. The molecule has 0 amide bonds. The van der Waals surface area contributed by atoms with E-state index in [4.69, 9.17) is 14.2 Å². The number of hydrogen-bond donors (Lipinski definition) is 0. The number of halogens is 1. The predicted octanol–water partition coefficient (Wildman–Crippen LogP) is 9.61. The first kappa shape index (κ1) is 32.1. The quantitative estimate of drug-likeness (QED) is 0.126. The SMILES string of the molecule is CCCCCCCCC(CCCCCCc1cccc(F)c1)C(OC(C)C)(OC(C)C)OC(C)C. The first-order valence-electron chi connectivity index (χ1n) is 14.5. The van der Waals surface area contributed by atoms with Crippen LogP contribution in [0.25, 0.3) is 0 Å². The normalized spacial score (nSPS) is 13.3. The third kappa shape index (κ3) is 14.4. The van der Waals surface area contributed by atoms with Crippen LogP contribution in [0.5, 0.6) is 0 Å². The van der Waals surface area contributed by atoms with Gasteiger partial charge in [-0.2, -0.15) is 0 Å². The number of ether oxygens (including phenoxy) is 3. The summed E-state index contributed by atoms with van der Waals surface area (Å²) in [7, 11) is 0. The molecule has 1 unspecified atom stereocenters. The molecule has 0 N–H and O–H groups in total. The van der Waals surface area contributed by atoms with Gasteiger partial charge in [-0.3, -0.25) is 0 Å². The number of aryl methyl sites for hydroxylation is 1. The van der Waals surface area contributed by atoms with Gasteiger partial charge in [0.25, 0.3) is 5.97 Å². The fourth-order valence-corrected chi connectivity index (χ4v) is 4.79. The summed E-state index contributed by atoms with van der Waals surface area (Å²) in [6, 6.07) is 6.98. The summed E-state index contributed by atoms with van der Waals surface area (Å²) in [5.41, 5.74) is 1.09. The van der Waals surface area contributed by atoms with E-state index in [1.165, 1.54) is 44.6 Å². The molecule has 1 aromatic carbocycles. The van der Waals surface area contributed by atoms with Crippen LogP contribution in [-0.4, -0.2) is 24.3 Å². The van der Waals surface area contributed by atoms with Crippen molar-refractivity contribution in [3.05, 3.63) is 35.6 Å². The zero-order chi connectivity index (χ0) is 26.1. The summed E-state index contributed by atoms with van der Waals surface area (Å²) in [5.74, 6) is -0.942. The van der Waals surface area contributed by atoms with E-state index < -0.39 is 5.97 Å². The van der Waals surface area contributed by atoms with Crippen molar-refractivity contribution < 1.29 is 18.6 Å². The molecule has 0 aliphatic carbocycles. The molecule has 0 saturated carbocycles. The van der Waals surface area contributed by atoms with Gasteiger partial charge in [0.05, 0.1) is 18.3 Å². The standard InChI is InChI=1S/C31H55FO3/c1-8-9-10-11-12-16-21-29(31(33-25(2)3,34-26(4)5)35-27(6)7)22-17-14-13-15-19-28-20-18-23-30(32)24-28/h18,20,23-27,29H,8-17,19,21-22H2,1-7H3. The van der Waals surface area contributed by atoms with E-state index in [0.717, 1.165) is 50.5 Å². The Labute approximate surface area is 216 Å². The Morgan fingerprint density at radius 1 is 0.686 bits per heavy atom. The average Bonchev–Trinajstić information content (AvgIpc) is 2.75. The lowest BCUT2D eigenvalue weighted by Crippen LogP contribution is -2.50. The molecule has 0 aliphatic rings. The molecule has 0 aromatic heterocycles. The topological polar surface area (TPSA) is 27.7 Å². The molecule has 0 spiro atoms. The molecular weight excluding hydrogens is 439 g/mol. The summed E-state index contributed by atoms with van der Waals surface area (Å²) in [5, 5.41) is 0. The number of unbranched alkanes of at least 4 members (excludes halogenated alkanes) is 8. The van der Waals surface area contributed by atoms with Crippen LogP contribution in [0.15, 0.2) is 24.3 Å². The van der Waals surface area contributed by atoms with Gasteiger partial charge in [0.1, 0.15) is 5.82 Å². The van der Waals surface area contributed by atoms with E-state index >= 15 is 0 Å². The maximum Gasteiger partial charge on any atom is 0.286 e. The van der Waals surface area contributed by atoms with Crippen LogP contribution in [0, 0.1) is 11.7 Å². The minimum Gasteiger partial charge on any atom is -0.324 e. The Morgan fingerprint density at radius 2 is 1.17 bits per heavy atom. The van der Waals surface area contributed by atoms with E-state index in [1.54, 1.807) is 12.1 Å². The van der Waals surface area contributed by atoms with Gasteiger partial charge in [-0.05, 0) is 84.9 Å². The van der Waals surface area contributed by atoms with Crippen molar-refractivity contribution in [3.63, 3.8) is 0 Å². The van der Waals surface area contributed by atoms with E-state index in [2.05, 4.69) is 48.5 Å². The second kappa shape index (κ2) is 18.3. The second-order valence-corrected chi connectivity index (χ2v) is 10.9. The van der Waals surface area contributed by atoms with Crippen LogP contribution in [0.3, 0.4) is 0 Å². The van der Waals surface area contributed by atoms with Crippen molar-refractivity contribution >= 4 is 0 Å². The zero-order valence-corrected chi connectivity index (χ0v) is 23.9. The first-order chi connectivity index (χ1) is 16.7. The molecule has 1 aromatic rings. The van der Waals surface area contributed by atoms with Gasteiger partial charge in [0, 0.05) is 5.92 Å². The molecule has 0 bridgehead atoms. The maximum atomic E-state index is 13.4. The third-order valence-corrected chi connectivity index (χ3v) is 6.26. The lowest BCUT2D eigenvalue weighted by molar-refractivity contribution is -0.433. The van der Waals surface area contributed by atoms with Crippen molar-refractivity contribution in [2.75, 3.05) is 0 Å². The van der Waals surface area contributed by atoms with E-state index in [-0.39, 0.29) is 30.0 Å². The maximum absolute atomic E-state index is 13.4. The first-order valence-corrected chi connectivity index (χ1v) is 14.5. The molecule has 35 heavy (non-hydrogen) atoms. The van der Waals surface area contributed by atoms with Crippen molar-refractivity contribution in [2.45, 2.75) is 156 Å². The summed E-state index contributed by atoms with van der Waals surface area (Å²) in [4.78, 5) is 0. The highest BCUT2D eigenvalue weighted by Gasteiger charge is 2.44. The monoisotopic (exact) mass is 494 g/mol. The molecule has 204 valence electrons. The lowest BCUT2D eigenvalue weighted by atomic mass is 9.91. The Balaban J connectivity index is 2.77. The molecule has 0 saturated heterocycles. The van der Waals surface area contributed by atoms with Crippen LogP contribution in [-0.2, 0) is 20.6 Å². The van der Waals surface area contributed by atoms with Crippen molar-refractivity contribution in [1.82, 2.24) is 0 Å². The predicted molar refractivity (Wildman–Crippen MR) is 146 cm³/mol. The highest BCUT2D eigenvalue weighted by Crippen LogP contribution is 2.37. The van der Waals surface area contributed by atoms with Gasteiger partial charge in [-0.15, -0.1) is 0 Å². The van der Waals surface area contributed by atoms with Crippen molar-refractivity contribution in [2.24, 2.45) is 5.92 Å². The smallest absolute Gasteiger partial charge is 0.286 e. The van der Waals surface area contributed by atoms with E-state index in [1.807, 2.05) is 6.07 Å². The molecule has 0 fully saturated rings. The average molecular weight is 495 g/mol. The van der Waals surface area contributed by atoms with Gasteiger partial charge in [-0.25, -0.2) is 4.39 Å². The van der Waals surface area contributed by atoms with Gasteiger partial charge in [-0.1, -0.05) is 76.8 Å². The summed E-state index contributed by atoms with van der Waals surface area (Å²) in [6.45, 7) is 14.7. The Kier molecular flexibility index (Phi) is 16.8. The Hall–Kier alpha value is -0.970. The fraction of sp³-hybridized carbons (Fsp3) is 0.806. The number of benzene rings is 1. The van der Waals surface area contributed by atoms with Crippen LogP contribution in [0.1, 0.15) is 131 Å². The fourth-order valence-electron chi connectivity index (χ4n) is 4.79. The lowest BCUT2D eigenvalue weighted by Gasteiger charge is -2.43. The molecule has 1 atom stereocenters. The molecule has 4 heteroatoms. The molecular formula is C31H55FO3. The molecule has 1 rings (SSSR count). The van der Waals surface area contributed by atoms with Crippen molar-refractivity contribution in [3.8, 4) is 0 Å². The largest absolute Gasteiger partial charge is 0.324 e. The molecule has 0 radical (unpaired) electrons. The summed E-state index contributed by atoms with van der Waals surface area (Å²) >= 11 is 0. The number of rotatable bonds is 21. The van der Waals surface area contributed by atoms with Gasteiger partial charge in [0.2, 0.25) is 0 Å². The van der Waals surface area contributed by atoms with Gasteiger partial charge < -0.3 is 14.2 Å². The second-order valence-electron chi connectivity index (χ2n) is 10.9. The van der Waals surface area contributed by atoms with Crippen LogP contribution in [0.2, 0.25) is 0 Å². The van der Waals surface area contributed by atoms with Crippen LogP contribution < -0.4 is 0 Å². The molecule has 3 nitrogen and oxygen atoms in total. The Morgan fingerprint density at radius 3 is 1.66 bits per heavy atom. The van der Waals surface area contributed by atoms with E-state index in [9.17, 15) is 4.39 Å². The zero-order valence-electron chi connectivity index (χ0n) is 23.9. The van der Waals surface area contributed by atoms with Gasteiger partial charge >= 0.3 is 0 Å². The highest BCUT2D eigenvalue weighted by atomic mass is 19.1. The highest BCUT2D eigenvalue weighted by molar-refractivity contribution is 5.16. The molecule has 0 heterocycles. The van der Waals surface area contributed by atoms with Crippen molar-refractivity contribution in [1.29, 1.82) is 0 Å².